The van der Waals surface area contributed by atoms with Crippen molar-refractivity contribution in [1.29, 1.82) is 0 Å². The summed E-state index contributed by atoms with van der Waals surface area (Å²) in [5.41, 5.74) is 3.71. The van der Waals surface area contributed by atoms with Gasteiger partial charge in [-0.25, -0.2) is 5.43 Å². The number of ether oxygens (including phenoxy) is 1. The number of nitrogens with zero attached hydrogens (tertiary/aromatic N) is 1. The quantitative estimate of drug-likeness (QED) is 0.318. The molecule has 0 saturated heterocycles. The second-order valence-corrected chi connectivity index (χ2v) is 7.12. The Bertz CT molecular complexity index is 855. The summed E-state index contributed by atoms with van der Waals surface area (Å²) in [6.45, 7) is 1.59. The lowest BCUT2D eigenvalue weighted by atomic mass is 10.1. The second-order valence-electron chi connectivity index (χ2n) is 5.06. The van der Waals surface area contributed by atoms with Crippen LogP contribution in [0.15, 0.2) is 35.4 Å². The van der Waals surface area contributed by atoms with Crippen LogP contribution in [0, 0.1) is 0 Å². The summed E-state index contributed by atoms with van der Waals surface area (Å²) in [6.07, 6.45) is 0.557. The summed E-state index contributed by atoms with van der Waals surface area (Å²) in [5.74, 6) is -0.222. The Morgan fingerprint density at radius 2 is 1.69 bits per heavy atom. The normalized spacial score (nSPS) is 11.4. The van der Waals surface area contributed by atoms with E-state index >= 15 is 0 Å². The van der Waals surface area contributed by atoms with Gasteiger partial charge in [0.1, 0.15) is 5.75 Å². The van der Waals surface area contributed by atoms with Gasteiger partial charge in [-0.2, -0.15) is 5.10 Å². The third-order valence-electron chi connectivity index (χ3n) is 3.23. The number of carbonyl (C=O) groups is 1. The predicted octanol–water partition coefficient (Wildman–Crippen LogP) is 6.26. The van der Waals surface area contributed by atoms with Gasteiger partial charge >= 0.3 is 0 Å². The molecule has 2 aromatic carbocycles. The zero-order valence-electron chi connectivity index (χ0n) is 13.5. The molecular weight excluding hydrogens is 441 g/mol. The molecule has 0 heterocycles. The summed E-state index contributed by atoms with van der Waals surface area (Å²) >= 11 is 29.8. The van der Waals surface area contributed by atoms with E-state index in [0.29, 0.717) is 32.8 Å². The van der Waals surface area contributed by atoms with E-state index in [4.69, 9.17) is 62.7 Å². The maximum Gasteiger partial charge on any atom is 0.277 e. The summed E-state index contributed by atoms with van der Waals surface area (Å²) in [4.78, 5) is 12.0. The van der Waals surface area contributed by atoms with Gasteiger partial charge in [-0.3, -0.25) is 4.79 Å². The molecule has 2 rings (SSSR count). The molecule has 138 valence electrons. The highest BCUT2D eigenvalue weighted by atomic mass is 35.5. The van der Waals surface area contributed by atoms with Crippen LogP contribution in [-0.4, -0.2) is 18.2 Å². The van der Waals surface area contributed by atoms with Crippen LogP contribution >= 0.6 is 58.0 Å². The summed E-state index contributed by atoms with van der Waals surface area (Å²) < 4.78 is 5.35. The molecule has 0 aromatic heterocycles. The Hall–Kier alpha value is -1.17. The van der Waals surface area contributed by atoms with Gasteiger partial charge in [-0.15, -0.1) is 0 Å². The van der Waals surface area contributed by atoms with E-state index in [1.807, 2.05) is 6.92 Å². The first-order valence-corrected chi connectivity index (χ1v) is 9.29. The first kappa shape index (κ1) is 21.1. The van der Waals surface area contributed by atoms with Crippen molar-refractivity contribution in [2.45, 2.75) is 13.3 Å². The Kier molecular flexibility index (Phi) is 7.86. The Morgan fingerprint density at radius 1 is 1.00 bits per heavy atom. The van der Waals surface area contributed by atoms with E-state index in [9.17, 15) is 4.79 Å². The van der Waals surface area contributed by atoms with Gasteiger partial charge in [-0.05, 0) is 24.6 Å². The molecule has 0 aliphatic heterocycles. The van der Waals surface area contributed by atoms with Crippen molar-refractivity contribution >= 4 is 69.6 Å². The van der Waals surface area contributed by atoms with Crippen molar-refractivity contribution in [3.63, 3.8) is 0 Å². The molecule has 4 nitrogen and oxygen atoms in total. The third kappa shape index (κ3) is 5.66. The van der Waals surface area contributed by atoms with E-state index in [-0.39, 0.29) is 22.4 Å². The lowest BCUT2D eigenvalue weighted by molar-refractivity contribution is -0.123. The zero-order chi connectivity index (χ0) is 19.3. The smallest absolute Gasteiger partial charge is 0.277 e. The Labute approximate surface area is 176 Å². The average molecular weight is 455 g/mol. The first-order chi connectivity index (χ1) is 12.3. The van der Waals surface area contributed by atoms with Crippen molar-refractivity contribution < 1.29 is 9.53 Å². The molecule has 0 unspecified atom stereocenters. The molecule has 0 bridgehead atoms. The molecule has 0 saturated carbocycles. The van der Waals surface area contributed by atoms with Gasteiger partial charge < -0.3 is 4.74 Å². The highest BCUT2D eigenvalue weighted by molar-refractivity contribution is 6.43. The summed E-state index contributed by atoms with van der Waals surface area (Å²) in [6, 6.07) is 7.93. The van der Waals surface area contributed by atoms with Crippen LogP contribution in [0.2, 0.25) is 25.1 Å². The largest absolute Gasteiger partial charge is 0.482 e. The van der Waals surface area contributed by atoms with Crippen LogP contribution in [0.5, 0.6) is 5.75 Å². The van der Waals surface area contributed by atoms with Crippen LogP contribution in [-0.2, 0) is 4.79 Å². The monoisotopic (exact) mass is 452 g/mol. The molecule has 2 aromatic rings. The van der Waals surface area contributed by atoms with Gasteiger partial charge in [0.25, 0.3) is 5.91 Å². The van der Waals surface area contributed by atoms with E-state index < -0.39 is 5.91 Å². The SMILES string of the molecule is CC/C(=N\NC(=O)COc1cc(Cl)c(Cl)cc1Cl)c1ccc(Cl)cc1Cl. The first-order valence-electron chi connectivity index (χ1n) is 7.40. The van der Waals surface area contributed by atoms with Gasteiger partial charge in [0, 0.05) is 16.7 Å². The average Bonchev–Trinajstić information content (AvgIpc) is 2.58. The minimum atomic E-state index is -0.469. The predicted molar refractivity (Wildman–Crippen MR) is 108 cm³/mol. The molecular formula is C17H13Cl5N2O2. The molecule has 26 heavy (non-hydrogen) atoms. The van der Waals surface area contributed by atoms with E-state index in [1.54, 1.807) is 18.2 Å². The van der Waals surface area contributed by atoms with Crippen LogP contribution in [0.3, 0.4) is 0 Å². The van der Waals surface area contributed by atoms with Crippen molar-refractivity contribution in [3.05, 3.63) is 61.0 Å². The molecule has 9 heteroatoms. The number of benzene rings is 2. The molecule has 1 amide bonds. The molecule has 0 atom stereocenters. The number of nitrogens with one attached hydrogen (secondary N) is 1. The number of hydrazone groups is 1. The Morgan fingerprint density at radius 3 is 2.35 bits per heavy atom. The zero-order valence-corrected chi connectivity index (χ0v) is 17.2. The number of amides is 1. The van der Waals surface area contributed by atoms with Gasteiger partial charge in [0.05, 0.1) is 25.8 Å². The van der Waals surface area contributed by atoms with Crippen LogP contribution in [0.25, 0.3) is 0 Å². The van der Waals surface area contributed by atoms with Crippen molar-refractivity contribution in [2.24, 2.45) is 5.10 Å². The third-order valence-corrected chi connectivity index (χ3v) is 4.79. The molecule has 0 spiro atoms. The minimum absolute atomic E-state index is 0.247. The number of hydrogen-bond donors (Lipinski definition) is 1. The fourth-order valence-corrected chi connectivity index (χ4v) is 3.08. The number of carbonyl (C=O) groups excluding carboxylic acids is 1. The maximum absolute atomic E-state index is 12.0. The maximum atomic E-state index is 12.0. The minimum Gasteiger partial charge on any atom is -0.482 e. The molecule has 0 fully saturated rings. The van der Waals surface area contributed by atoms with E-state index in [0.717, 1.165) is 0 Å². The highest BCUT2D eigenvalue weighted by Crippen LogP contribution is 2.33. The fourth-order valence-electron chi connectivity index (χ4n) is 1.97. The molecule has 0 radical (unpaired) electrons. The van der Waals surface area contributed by atoms with Crippen LogP contribution in [0.4, 0.5) is 0 Å². The van der Waals surface area contributed by atoms with Crippen molar-refractivity contribution in [2.75, 3.05) is 6.61 Å². The standard InChI is InChI=1S/C17H13Cl5N2O2/c1-2-15(10-4-3-9(18)5-11(10)19)23-24-17(25)8-26-16-7-13(21)12(20)6-14(16)22/h3-7H,2,8H2,1H3,(H,24,25)/b23-15+. The van der Waals surface area contributed by atoms with Crippen LogP contribution < -0.4 is 10.2 Å². The number of halogens is 5. The van der Waals surface area contributed by atoms with Gasteiger partial charge in [-0.1, -0.05) is 71.0 Å². The Balaban J connectivity index is 2.02. The highest BCUT2D eigenvalue weighted by Gasteiger charge is 2.11. The van der Waals surface area contributed by atoms with Crippen molar-refractivity contribution in [1.82, 2.24) is 5.43 Å². The number of hydrogen-bond acceptors (Lipinski definition) is 3. The fraction of sp³-hybridized carbons (Fsp3) is 0.176. The molecule has 0 aliphatic rings. The van der Waals surface area contributed by atoms with Gasteiger partial charge in [0.2, 0.25) is 0 Å². The van der Waals surface area contributed by atoms with Crippen LogP contribution in [0.1, 0.15) is 18.9 Å². The van der Waals surface area contributed by atoms with Gasteiger partial charge in [0.15, 0.2) is 6.61 Å². The van der Waals surface area contributed by atoms with Crippen molar-refractivity contribution in [3.8, 4) is 5.75 Å². The summed E-state index contributed by atoms with van der Waals surface area (Å²) in [5, 5.41) is 5.89. The molecule has 0 aliphatic carbocycles. The van der Waals surface area contributed by atoms with E-state index in [1.165, 1.54) is 12.1 Å². The molecule has 1 N–H and O–H groups in total. The topological polar surface area (TPSA) is 50.7 Å². The number of rotatable bonds is 6. The lowest BCUT2D eigenvalue weighted by Gasteiger charge is -2.10. The summed E-state index contributed by atoms with van der Waals surface area (Å²) in [7, 11) is 0. The van der Waals surface area contributed by atoms with E-state index in [2.05, 4.69) is 10.5 Å². The second kappa shape index (κ2) is 9.67. The lowest BCUT2D eigenvalue weighted by Crippen LogP contribution is -2.26.